The number of amides is 1. The van der Waals surface area contributed by atoms with E-state index in [2.05, 4.69) is 22.0 Å². The number of benzene rings is 1. The molecule has 0 aliphatic carbocycles. The Morgan fingerprint density at radius 2 is 1.61 bits per heavy atom. The van der Waals surface area contributed by atoms with E-state index < -0.39 is 11.7 Å². The van der Waals surface area contributed by atoms with Crippen LogP contribution in [-0.4, -0.2) is 60.0 Å². The lowest BCUT2D eigenvalue weighted by Crippen LogP contribution is -2.51. The van der Waals surface area contributed by atoms with E-state index in [1.165, 1.54) is 11.6 Å². The molecule has 2 aliphatic rings. The summed E-state index contributed by atoms with van der Waals surface area (Å²) in [5.41, 5.74) is 0.541. The van der Waals surface area contributed by atoms with Crippen LogP contribution >= 0.6 is 0 Å². The van der Waals surface area contributed by atoms with Crippen molar-refractivity contribution < 1.29 is 18.0 Å². The predicted molar refractivity (Wildman–Crippen MR) is 112 cm³/mol. The molecule has 2 aliphatic heterocycles. The lowest BCUT2D eigenvalue weighted by Gasteiger charge is -2.38. The number of anilines is 1. The molecule has 0 atom stereocenters. The summed E-state index contributed by atoms with van der Waals surface area (Å²) in [5.74, 6) is 0.721. The number of piperazine rings is 1. The van der Waals surface area contributed by atoms with Gasteiger partial charge in [-0.1, -0.05) is 30.3 Å². The monoisotopic (exact) mass is 432 g/mol. The minimum absolute atomic E-state index is 0.0219. The summed E-state index contributed by atoms with van der Waals surface area (Å²) in [6, 6.07) is 12.8. The average Bonchev–Trinajstić information content (AvgIpc) is 2.79. The third-order valence-corrected chi connectivity index (χ3v) is 6.18. The molecule has 166 valence electrons. The summed E-state index contributed by atoms with van der Waals surface area (Å²) >= 11 is 0. The van der Waals surface area contributed by atoms with Crippen LogP contribution in [0.4, 0.5) is 19.0 Å². The van der Waals surface area contributed by atoms with Crippen molar-refractivity contribution in [2.45, 2.75) is 25.6 Å². The molecule has 0 saturated carbocycles. The van der Waals surface area contributed by atoms with Crippen LogP contribution in [-0.2, 0) is 17.5 Å². The Kier molecular flexibility index (Phi) is 6.46. The first-order valence-electron chi connectivity index (χ1n) is 10.7. The first-order chi connectivity index (χ1) is 14.9. The van der Waals surface area contributed by atoms with Gasteiger partial charge in [-0.05, 0) is 30.5 Å². The number of aromatic nitrogens is 1. The summed E-state index contributed by atoms with van der Waals surface area (Å²) in [4.78, 5) is 23.2. The average molecular weight is 432 g/mol. The van der Waals surface area contributed by atoms with Gasteiger partial charge in [0.2, 0.25) is 5.91 Å². The van der Waals surface area contributed by atoms with E-state index in [4.69, 9.17) is 0 Å². The largest absolute Gasteiger partial charge is 0.417 e. The molecule has 1 amide bonds. The van der Waals surface area contributed by atoms with E-state index in [1.807, 2.05) is 28.0 Å². The van der Waals surface area contributed by atoms with Crippen LogP contribution in [0, 0.1) is 5.92 Å². The molecule has 8 heteroatoms. The number of halogens is 3. The standard InChI is InChI=1S/C23H27F3N4O/c24-23(25,26)20-6-7-21(27-16-20)29-10-8-19(9-11-29)22(31)30-14-12-28(13-15-30)17-18-4-2-1-3-5-18/h1-7,16,19H,8-15,17H2. The Balaban J connectivity index is 1.24. The fourth-order valence-electron chi connectivity index (χ4n) is 4.32. The molecule has 2 saturated heterocycles. The number of rotatable bonds is 4. The molecule has 0 radical (unpaired) electrons. The second-order valence-electron chi connectivity index (χ2n) is 8.25. The molecule has 2 aromatic rings. The maximum Gasteiger partial charge on any atom is 0.417 e. The fourth-order valence-corrected chi connectivity index (χ4v) is 4.32. The maximum absolute atomic E-state index is 13.0. The van der Waals surface area contributed by atoms with Crippen LogP contribution in [0.1, 0.15) is 24.0 Å². The molecule has 0 bridgehead atoms. The third kappa shape index (κ3) is 5.36. The number of alkyl halides is 3. The van der Waals surface area contributed by atoms with Crippen LogP contribution in [0.5, 0.6) is 0 Å². The van der Waals surface area contributed by atoms with Gasteiger partial charge in [0.25, 0.3) is 0 Å². The highest BCUT2D eigenvalue weighted by Crippen LogP contribution is 2.30. The van der Waals surface area contributed by atoms with Crippen molar-refractivity contribution in [1.29, 1.82) is 0 Å². The van der Waals surface area contributed by atoms with E-state index in [0.29, 0.717) is 31.7 Å². The second-order valence-corrected chi connectivity index (χ2v) is 8.25. The molecule has 1 aromatic heterocycles. The minimum Gasteiger partial charge on any atom is -0.357 e. The van der Waals surface area contributed by atoms with Gasteiger partial charge in [-0.25, -0.2) is 4.98 Å². The van der Waals surface area contributed by atoms with E-state index in [9.17, 15) is 18.0 Å². The summed E-state index contributed by atoms with van der Waals surface area (Å²) in [5, 5.41) is 0. The highest BCUT2D eigenvalue weighted by atomic mass is 19.4. The molecule has 1 aromatic carbocycles. The Morgan fingerprint density at radius 3 is 2.19 bits per heavy atom. The maximum atomic E-state index is 13.0. The van der Waals surface area contributed by atoms with Crippen LogP contribution in [0.25, 0.3) is 0 Å². The highest BCUT2D eigenvalue weighted by molar-refractivity contribution is 5.79. The van der Waals surface area contributed by atoms with Gasteiger partial charge in [-0.15, -0.1) is 0 Å². The Morgan fingerprint density at radius 1 is 0.935 bits per heavy atom. The first-order valence-corrected chi connectivity index (χ1v) is 10.7. The number of hydrogen-bond acceptors (Lipinski definition) is 4. The van der Waals surface area contributed by atoms with Gasteiger partial charge < -0.3 is 9.80 Å². The third-order valence-electron chi connectivity index (χ3n) is 6.18. The summed E-state index contributed by atoms with van der Waals surface area (Å²) < 4.78 is 38.1. The topological polar surface area (TPSA) is 39.7 Å². The summed E-state index contributed by atoms with van der Waals surface area (Å²) in [7, 11) is 0. The van der Waals surface area contributed by atoms with Crippen molar-refractivity contribution in [2.75, 3.05) is 44.2 Å². The van der Waals surface area contributed by atoms with Gasteiger partial charge in [0.05, 0.1) is 5.56 Å². The van der Waals surface area contributed by atoms with Crippen molar-refractivity contribution in [3.05, 3.63) is 59.8 Å². The normalized spacial score (nSPS) is 18.9. The first kappa shape index (κ1) is 21.6. The van der Waals surface area contributed by atoms with Crippen molar-refractivity contribution in [3.8, 4) is 0 Å². The molecule has 3 heterocycles. The van der Waals surface area contributed by atoms with Gasteiger partial charge in [0.15, 0.2) is 0 Å². The molecule has 5 nitrogen and oxygen atoms in total. The van der Waals surface area contributed by atoms with Crippen LogP contribution < -0.4 is 4.90 Å². The van der Waals surface area contributed by atoms with Gasteiger partial charge in [-0.2, -0.15) is 13.2 Å². The SMILES string of the molecule is O=C(C1CCN(c2ccc(C(F)(F)F)cn2)CC1)N1CCN(Cc2ccccc2)CC1. The lowest BCUT2D eigenvalue weighted by atomic mass is 9.95. The van der Waals surface area contributed by atoms with Crippen LogP contribution in [0.2, 0.25) is 0 Å². The molecule has 0 spiro atoms. The van der Waals surface area contributed by atoms with Crippen LogP contribution in [0.15, 0.2) is 48.7 Å². The second kappa shape index (κ2) is 9.26. The Labute approximate surface area is 180 Å². The van der Waals surface area contributed by atoms with Crippen molar-refractivity contribution in [2.24, 2.45) is 5.92 Å². The quantitative estimate of drug-likeness (QED) is 0.739. The number of nitrogens with zero attached hydrogens (tertiary/aromatic N) is 4. The molecular formula is C23H27F3N4O. The number of carbonyl (C=O) groups is 1. The summed E-state index contributed by atoms with van der Waals surface area (Å²) in [6.45, 7) is 5.38. The summed E-state index contributed by atoms with van der Waals surface area (Å²) in [6.07, 6.45) is -2.10. The Bertz CT molecular complexity index is 857. The number of pyridine rings is 1. The minimum atomic E-state index is -4.38. The smallest absolute Gasteiger partial charge is 0.357 e. The van der Waals surface area contributed by atoms with Crippen molar-refractivity contribution in [1.82, 2.24) is 14.8 Å². The van der Waals surface area contributed by atoms with E-state index in [0.717, 1.165) is 45.0 Å². The van der Waals surface area contributed by atoms with Gasteiger partial charge in [0, 0.05) is 57.9 Å². The zero-order valence-corrected chi connectivity index (χ0v) is 17.4. The van der Waals surface area contributed by atoms with Gasteiger partial charge >= 0.3 is 6.18 Å². The number of hydrogen-bond donors (Lipinski definition) is 0. The molecule has 31 heavy (non-hydrogen) atoms. The van der Waals surface area contributed by atoms with Crippen molar-refractivity contribution >= 4 is 11.7 Å². The van der Waals surface area contributed by atoms with Crippen LogP contribution in [0.3, 0.4) is 0 Å². The molecule has 0 N–H and O–H groups in total. The molecular weight excluding hydrogens is 405 g/mol. The zero-order valence-electron chi connectivity index (χ0n) is 17.4. The van der Waals surface area contributed by atoms with E-state index >= 15 is 0 Å². The fraction of sp³-hybridized carbons (Fsp3) is 0.478. The van der Waals surface area contributed by atoms with E-state index in [-0.39, 0.29) is 11.8 Å². The molecule has 4 rings (SSSR count). The Hall–Kier alpha value is -2.61. The van der Waals surface area contributed by atoms with Gasteiger partial charge in [0.1, 0.15) is 5.82 Å². The predicted octanol–water partition coefficient (Wildman–Crippen LogP) is 3.66. The van der Waals surface area contributed by atoms with E-state index in [1.54, 1.807) is 0 Å². The highest BCUT2D eigenvalue weighted by Gasteiger charge is 2.32. The lowest BCUT2D eigenvalue weighted by molar-refractivity contribution is -0.138. The zero-order chi connectivity index (χ0) is 21.8. The molecule has 2 fully saturated rings. The van der Waals surface area contributed by atoms with Gasteiger partial charge in [-0.3, -0.25) is 9.69 Å². The molecule has 0 unspecified atom stereocenters. The number of carbonyl (C=O) groups excluding carboxylic acids is 1. The number of piperidine rings is 1. The van der Waals surface area contributed by atoms with Crippen molar-refractivity contribution in [3.63, 3.8) is 0 Å².